The molecule has 0 spiro atoms. The molecule has 4 rings (SSSR count). The number of hydrogen-bond acceptors (Lipinski definition) is 5. The summed E-state index contributed by atoms with van der Waals surface area (Å²) in [5.74, 6) is 1.69. The van der Waals surface area contributed by atoms with Gasteiger partial charge in [-0.05, 0) is 44.9 Å². The molecule has 1 N–H and O–H groups in total. The third-order valence-electron chi connectivity index (χ3n) is 4.86. The first kappa shape index (κ1) is 15.7. The average molecular weight is 341 g/mol. The molecule has 1 saturated heterocycles. The van der Waals surface area contributed by atoms with Crippen LogP contribution in [0.25, 0.3) is 0 Å². The minimum atomic E-state index is -0.218. The van der Waals surface area contributed by atoms with E-state index in [1.165, 1.54) is 0 Å². The number of ether oxygens (including phenoxy) is 2. The van der Waals surface area contributed by atoms with Crippen LogP contribution in [0.3, 0.4) is 0 Å². The lowest BCUT2D eigenvalue weighted by molar-refractivity contribution is 0.0729. The van der Waals surface area contributed by atoms with Gasteiger partial charge < -0.3 is 19.4 Å². The van der Waals surface area contributed by atoms with Gasteiger partial charge in [0.15, 0.2) is 11.5 Å². The SMILES string of the molecule is Cc1nc(C2CCCN2C(=O)c2ccc3c(c2)OCO3)[nH]c(=O)c1C. The number of nitrogens with zero attached hydrogens (tertiary/aromatic N) is 2. The van der Waals surface area contributed by atoms with Gasteiger partial charge in [-0.25, -0.2) is 4.98 Å². The first-order chi connectivity index (χ1) is 12.0. The maximum absolute atomic E-state index is 13.0. The number of nitrogens with one attached hydrogen (secondary N) is 1. The van der Waals surface area contributed by atoms with E-state index in [2.05, 4.69) is 9.97 Å². The van der Waals surface area contributed by atoms with E-state index in [4.69, 9.17) is 9.47 Å². The van der Waals surface area contributed by atoms with Crippen LogP contribution in [0.1, 0.15) is 46.3 Å². The molecule has 1 unspecified atom stereocenters. The molecule has 7 nitrogen and oxygen atoms in total. The van der Waals surface area contributed by atoms with E-state index in [9.17, 15) is 9.59 Å². The molecular formula is C18H19N3O4. The topological polar surface area (TPSA) is 84.5 Å². The summed E-state index contributed by atoms with van der Waals surface area (Å²) in [6.45, 7) is 4.36. The standard InChI is InChI=1S/C18H19N3O4/c1-10-11(2)19-16(20-17(10)22)13-4-3-7-21(13)18(23)12-5-6-14-15(8-12)25-9-24-14/h5-6,8,13H,3-4,7,9H2,1-2H3,(H,19,20,22). The molecule has 2 aliphatic rings. The zero-order chi connectivity index (χ0) is 17.6. The summed E-state index contributed by atoms with van der Waals surface area (Å²) >= 11 is 0. The number of hydrogen-bond donors (Lipinski definition) is 1. The summed E-state index contributed by atoms with van der Waals surface area (Å²) in [7, 11) is 0. The Morgan fingerprint density at radius 1 is 1.28 bits per heavy atom. The molecule has 7 heteroatoms. The minimum Gasteiger partial charge on any atom is -0.454 e. The van der Waals surface area contributed by atoms with Gasteiger partial charge in [-0.2, -0.15) is 0 Å². The lowest BCUT2D eigenvalue weighted by Gasteiger charge is -2.24. The summed E-state index contributed by atoms with van der Waals surface area (Å²) in [5, 5.41) is 0. The number of likely N-dealkylation sites (tertiary alicyclic amines) is 1. The van der Waals surface area contributed by atoms with Gasteiger partial charge in [0.1, 0.15) is 5.82 Å². The largest absolute Gasteiger partial charge is 0.454 e. The predicted molar refractivity (Wildman–Crippen MR) is 89.9 cm³/mol. The van der Waals surface area contributed by atoms with E-state index < -0.39 is 0 Å². The minimum absolute atomic E-state index is 0.0957. The highest BCUT2D eigenvalue weighted by Gasteiger charge is 2.33. The Hall–Kier alpha value is -2.83. The molecule has 25 heavy (non-hydrogen) atoms. The monoisotopic (exact) mass is 341 g/mol. The van der Waals surface area contributed by atoms with E-state index in [-0.39, 0.29) is 24.3 Å². The van der Waals surface area contributed by atoms with E-state index >= 15 is 0 Å². The second kappa shape index (κ2) is 5.91. The molecule has 130 valence electrons. The summed E-state index contributed by atoms with van der Waals surface area (Å²) in [6, 6.07) is 4.97. The third-order valence-corrected chi connectivity index (χ3v) is 4.86. The van der Waals surface area contributed by atoms with Crippen molar-refractivity contribution in [1.29, 1.82) is 0 Å². The van der Waals surface area contributed by atoms with Crippen molar-refractivity contribution in [3.8, 4) is 11.5 Å². The Kier molecular flexibility index (Phi) is 3.71. The van der Waals surface area contributed by atoms with Crippen LogP contribution in [0.2, 0.25) is 0 Å². The molecule has 1 aromatic carbocycles. The molecule has 0 radical (unpaired) electrons. The van der Waals surface area contributed by atoms with E-state index in [1.807, 2.05) is 6.92 Å². The zero-order valence-electron chi connectivity index (χ0n) is 14.2. The van der Waals surface area contributed by atoms with Gasteiger partial charge in [0, 0.05) is 23.4 Å². The van der Waals surface area contributed by atoms with E-state index in [1.54, 1.807) is 30.0 Å². The van der Waals surface area contributed by atoms with Crippen LogP contribution in [0.4, 0.5) is 0 Å². The maximum atomic E-state index is 13.0. The van der Waals surface area contributed by atoms with Crippen LogP contribution in [0, 0.1) is 13.8 Å². The fourth-order valence-electron chi connectivity index (χ4n) is 3.31. The molecule has 1 amide bonds. The van der Waals surface area contributed by atoms with Crippen molar-refractivity contribution in [1.82, 2.24) is 14.9 Å². The number of benzene rings is 1. The first-order valence-electron chi connectivity index (χ1n) is 8.32. The highest BCUT2D eigenvalue weighted by atomic mass is 16.7. The second-order valence-electron chi connectivity index (χ2n) is 6.39. The second-order valence-corrected chi connectivity index (χ2v) is 6.39. The lowest BCUT2D eigenvalue weighted by Crippen LogP contribution is -2.33. The van der Waals surface area contributed by atoms with Crippen LogP contribution < -0.4 is 15.0 Å². The smallest absolute Gasteiger partial charge is 0.254 e. The zero-order valence-corrected chi connectivity index (χ0v) is 14.2. The Labute approximate surface area is 144 Å². The number of carbonyl (C=O) groups is 1. The number of rotatable bonds is 2. The molecule has 1 atom stereocenters. The quantitative estimate of drug-likeness (QED) is 0.904. The van der Waals surface area contributed by atoms with Gasteiger partial charge in [0.05, 0.1) is 6.04 Å². The van der Waals surface area contributed by atoms with Gasteiger partial charge in [0.25, 0.3) is 11.5 Å². The van der Waals surface area contributed by atoms with Crippen LogP contribution >= 0.6 is 0 Å². The Balaban J connectivity index is 1.65. The van der Waals surface area contributed by atoms with Crippen molar-refractivity contribution >= 4 is 5.91 Å². The van der Waals surface area contributed by atoms with Crippen molar-refractivity contribution in [3.63, 3.8) is 0 Å². The van der Waals surface area contributed by atoms with Crippen molar-refractivity contribution in [2.24, 2.45) is 0 Å². The molecule has 0 saturated carbocycles. The van der Waals surface area contributed by atoms with Crippen molar-refractivity contribution in [2.75, 3.05) is 13.3 Å². The normalized spacial score (nSPS) is 18.6. The van der Waals surface area contributed by atoms with Gasteiger partial charge in [0.2, 0.25) is 6.79 Å². The number of fused-ring (bicyclic) bond motifs is 1. The van der Waals surface area contributed by atoms with Crippen LogP contribution in [0.5, 0.6) is 11.5 Å². The van der Waals surface area contributed by atoms with Crippen molar-refractivity contribution < 1.29 is 14.3 Å². The van der Waals surface area contributed by atoms with E-state index in [0.29, 0.717) is 40.7 Å². The van der Waals surface area contributed by atoms with Gasteiger partial charge in [-0.15, -0.1) is 0 Å². The van der Waals surface area contributed by atoms with Crippen molar-refractivity contribution in [2.45, 2.75) is 32.7 Å². The van der Waals surface area contributed by atoms with Crippen LogP contribution in [0.15, 0.2) is 23.0 Å². The average Bonchev–Trinajstić information content (AvgIpc) is 3.26. The summed E-state index contributed by atoms with van der Waals surface area (Å²) in [5.41, 5.74) is 1.70. The summed E-state index contributed by atoms with van der Waals surface area (Å²) in [4.78, 5) is 34.1. The fourth-order valence-corrected chi connectivity index (χ4v) is 3.31. The summed E-state index contributed by atoms with van der Waals surface area (Å²) in [6.07, 6.45) is 1.65. The van der Waals surface area contributed by atoms with Gasteiger partial charge >= 0.3 is 0 Å². The molecule has 2 aromatic rings. The lowest BCUT2D eigenvalue weighted by atomic mass is 10.1. The molecule has 3 heterocycles. The maximum Gasteiger partial charge on any atom is 0.254 e. The molecule has 1 aromatic heterocycles. The molecule has 2 aliphatic heterocycles. The number of aromatic amines is 1. The third kappa shape index (κ3) is 2.65. The number of carbonyl (C=O) groups excluding carboxylic acids is 1. The predicted octanol–water partition coefficient (Wildman–Crippen LogP) is 2.09. The number of aromatic nitrogens is 2. The first-order valence-corrected chi connectivity index (χ1v) is 8.32. The fraction of sp³-hybridized carbons (Fsp3) is 0.389. The van der Waals surface area contributed by atoms with Crippen LogP contribution in [-0.4, -0.2) is 34.1 Å². The van der Waals surface area contributed by atoms with E-state index in [0.717, 1.165) is 12.8 Å². The number of amides is 1. The Morgan fingerprint density at radius 2 is 2.08 bits per heavy atom. The molecule has 0 bridgehead atoms. The molecular weight excluding hydrogens is 322 g/mol. The van der Waals surface area contributed by atoms with Gasteiger partial charge in [-0.3, -0.25) is 9.59 Å². The summed E-state index contributed by atoms with van der Waals surface area (Å²) < 4.78 is 10.6. The molecule has 1 fully saturated rings. The van der Waals surface area contributed by atoms with Gasteiger partial charge in [-0.1, -0.05) is 0 Å². The highest BCUT2D eigenvalue weighted by molar-refractivity contribution is 5.95. The Bertz CT molecular complexity index is 906. The van der Waals surface area contributed by atoms with Crippen molar-refractivity contribution in [3.05, 3.63) is 51.2 Å². The highest BCUT2D eigenvalue weighted by Crippen LogP contribution is 2.35. The number of aryl methyl sites for hydroxylation is 1. The Morgan fingerprint density at radius 3 is 2.88 bits per heavy atom. The van der Waals surface area contributed by atoms with Crippen LogP contribution in [-0.2, 0) is 0 Å². The number of H-pyrrole nitrogens is 1. The molecule has 0 aliphatic carbocycles.